The second-order valence-corrected chi connectivity index (χ2v) is 7.81. The first-order valence-electron chi connectivity index (χ1n) is 8.98. The molecule has 5 nitrogen and oxygen atoms in total. The van der Waals surface area contributed by atoms with Gasteiger partial charge in [-0.1, -0.05) is 59.8 Å². The average molecular weight is 411 g/mol. The molecule has 0 radical (unpaired) electrons. The number of carbonyl (C=O) groups is 1. The molecule has 0 spiro atoms. The molecule has 7 heteroatoms. The Balaban J connectivity index is 1.52. The molecule has 1 aliphatic heterocycles. The molecule has 1 amide bonds. The van der Waals surface area contributed by atoms with Gasteiger partial charge in [-0.15, -0.1) is 16.8 Å². The molecule has 3 aromatic rings. The van der Waals surface area contributed by atoms with Crippen LogP contribution in [0.2, 0.25) is 5.02 Å². The number of allylic oxidation sites excluding steroid dienone is 1. The number of halogens is 1. The van der Waals surface area contributed by atoms with Crippen LogP contribution in [-0.4, -0.2) is 33.0 Å². The summed E-state index contributed by atoms with van der Waals surface area (Å²) in [4.78, 5) is 14.6. The van der Waals surface area contributed by atoms with Gasteiger partial charge in [-0.2, -0.15) is 0 Å². The molecule has 0 atom stereocenters. The Kier molecular flexibility index (Phi) is 5.50. The second kappa shape index (κ2) is 8.20. The summed E-state index contributed by atoms with van der Waals surface area (Å²) in [5, 5.41) is 9.95. The predicted molar refractivity (Wildman–Crippen MR) is 114 cm³/mol. The highest BCUT2D eigenvalue weighted by molar-refractivity contribution is 7.99. The number of hydrogen-bond donors (Lipinski definition) is 0. The van der Waals surface area contributed by atoms with E-state index in [0.717, 1.165) is 24.2 Å². The lowest BCUT2D eigenvalue weighted by Crippen LogP contribution is -2.30. The van der Waals surface area contributed by atoms with Crippen LogP contribution in [0.4, 0.5) is 5.69 Å². The van der Waals surface area contributed by atoms with Crippen molar-refractivity contribution in [1.82, 2.24) is 14.8 Å². The molecule has 0 saturated carbocycles. The van der Waals surface area contributed by atoms with Crippen LogP contribution in [0.5, 0.6) is 0 Å². The molecular formula is C21H19ClN4OS. The van der Waals surface area contributed by atoms with Gasteiger partial charge in [-0.05, 0) is 30.2 Å². The first kappa shape index (κ1) is 18.8. The van der Waals surface area contributed by atoms with Gasteiger partial charge in [-0.3, -0.25) is 9.36 Å². The molecule has 0 fully saturated rings. The largest absolute Gasteiger partial charge is 0.311 e. The molecule has 0 saturated heterocycles. The Hall–Kier alpha value is -2.57. The highest BCUT2D eigenvalue weighted by atomic mass is 35.5. The molecule has 1 aliphatic rings. The van der Waals surface area contributed by atoms with Crippen LogP contribution < -0.4 is 4.90 Å². The predicted octanol–water partition coefficient (Wildman–Crippen LogP) is 4.47. The van der Waals surface area contributed by atoms with E-state index in [4.69, 9.17) is 11.6 Å². The quantitative estimate of drug-likeness (QED) is 0.444. The number of hydrogen-bond acceptors (Lipinski definition) is 4. The molecule has 0 unspecified atom stereocenters. The summed E-state index contributed by atoms with van der Waals surface area (Å²) >= 11 is 7.51. The smallest absolute Gasteiger partial charge is 0.237 e. The normalized spacial score (nSPS) is 12.8. The first-order valence-corrected chi connectivity index (χ1v) is 10.3. The van der Waals surface area contributed by atoms with Crippen LogP contribution in [0.15, 0.2) is 66.3 Å². The van der Waals surface area contributed by atoms with Crippen LogP contribution >= 0.6 is 23.4 Å². The summed E-state index contributed by atoms with van der Waals surface area (Å²) in [5.41, 5.74) is 3.12. The summed E-state index contributed by atoms with van der Waals surface area (Å²) in [5.74, 6) is 1.09. The Morgan fingerprint density at radius 1 is 1.21 bits per heavy atom. The third kappa shape index (κ3) is 3.70. The number of nitrogens with zero attached hydrogens (tertiary/aromatic N) is 4. The fourth-order valence-corrected chi connectivity index (χ4v) is 4.35. The zero-order chi connectivity index (χ0) is 19.5. The lowest BCUT2D eigenvalue weighted by atomic mass is 10.2. The number of anilines is 1. The summed E-state index contributed by atoms with van der Waals surface area (Å²) in [7, 11) is 0. The maximum Gasteiger partial charge on any atom is 0.237 e. The third-order valence-corrected chi connectivity index (χ3v) is 5.81. The van der Waals surface area contributed by atoms with Gasteiger partial charge in [-0.25, -0.2) is 0 Å². The molecule has 142 valence electrons. The van der Waals surface area contributed by atoms with Crippen molar-refractivity contribution in [3.05, 3.63) is 71.8 Å². The van der Waals surface area contributed by atoms with Crippen molar-refractivity contribution in [2.24, 2.45) is 0 Å². The van der Waals surface area contributed by atoms with Crippen LogP contribution in [0.1, 0.15) is 5.56 Å². The number of aromatic nitrogens is 3. The van der Waals surface area contributed by atoms with Gasteiger partial charge < -0.3 is 4.90 Å². The van der Waals surface area contributed by atoms with E-state index < -0.39 is 0 Å². The summed E-state index contributed by atoms with van der Waals surface area (Å²) in [6.07, 6.45) is 2.69. The standard InChI is InChI=1S/C21H19ClN4OS/c1-2-11-26-20(16-7-5-8-17(22)13-16)23-24-21(26)28-14-19(27)25-12-10-15-6-3-4-9-18(15)25/h2-9,13H,1,10-12,14H2. The fourth-order valence-electron chi connectivity index (χ4n) is 3.33. The molecule has 1 aromatic heterocycles. The molecule has 2 aromatic carbocycles. The van der Waals surface area contributed by atoms with E-state index in [1.54, 1.807) is 6.08 Å². The number of fused-ring (bicyclic) bond motifs is 1. The number of amides is 1. The fraction of sp³-hybridized carbons (Fsp3) is 0.190. The van der Waals surface area contributed by atoms with Crippen molar-refractivity contribution in [2.45, 2.75) is 18.1 Å². The lowest BCUT2D eigenvalue weighted by Gasteiger charge is -2.17. The van der Waals surface area contributed by atoms with Crippen molar-refractivity contribution in [1.29, 1.82) is 0 Å². The molecule has 0 N–H and O–H groups in total. The Labute approximate surface area is 173 Å². The lowest BCUT2D eigenvalue weighted by molar-refractivity contribution is -0.116. The summed E-state index contributed by atoms with van der Waals surface area (Å²) in [6, 6.07) is 15.6. The zero-order valence-corrected chi connectivity index (χ0v) is 16.8. The highest BCUT2D eigenvalue weighted by Crippen LogP contribution is 2.30. The van der Waals surface area contributed by atoms with E-state index in [2.05, 4.69) is 22.8 Å². The van der Waals surface area contributed by atoms with E-state index in [-0.39, 0.29) is 5.91 Å². The van der Waals surface area contributed by atoms with Gasteiger partial charge >= 0.3 is 0 Å². The van der Waals surface area contributed by atoms with Gasteiger partial charge in [0.15, 0.2) is 11.0 Å². The number of benzene rings is 2. The van der Waals surface area contributed by atoms with E-state index in [0.29, 0.717) is 28.3 Å². The van der Waals surface area contributed by atoms with Crippen molar-refractivity contribution in [2.75, 3.05) is 17.2 Å². The minimum atomic E-state index is 0.0763. The van der Waals surface area contributed by atoms with Crippen LogP contribution in [0, 0.1) is 0 Å². The van der Waals surface area contributed by atoms with Crippen LogP contribution in [0.25, 0.3) is 11.4 Å². The molecule has 2 heterocycles. The maximum absolute atomic E-state index is 12.8. The number of carbonyl (C=O) groups excluding carboxylic acids is 1. The Morgan fingerprint density at radius 3 is 2.89 bits per heavy atom. The second-order valence-electron chi connectivity index (χ2n) is 6.43. The Bertz CT molecular complexity index is 1030. The molecule has 4 rings (SSSR count). The molecule has 28 heavy (non-hydrogen) atoms. The van der Waals surface area contributed by atoms with E-state index in [9.17, 15) is 4.79 Å². The maximum atomic E-state index is 12.8. The first-order chi connectivity index (χ1) is 13.7. The SMILES string of the molecule is C=CCn1c(SCC(=O)N2CCc3ccccc32)nnc1-c1cccc(Cl)c1. The van der Waals surface area contributed by atoms with Gasteiger partial charge in [0.1, 0.15) is 0 Å². The van der Waals surface area contributed by atoms with Crippen LogP contribution in [-0.2, 0) is 17.8 Å². The topological polar surface area (TPSA) is 51.0 Å². The van der Waals surface area contributed by atoms with Crippen molar-refractivity contribution >= 4 is 35.0 Å². The van der Waals surface area contributed by atoms with Gasteiger partial charge in [0.2, 0.25) is 5.91 Å². The highest BCUT2D eigenvalue weighted by Gasteiger charge is 2.25. The summed E-state index contributed by atoms with van der Waals surface area (Å²) < 4.78 is 1.95. The van der Waals surface area contributed by atoms with Gasteiger partial charge in [0.05, 0.1) is 5.75 Å². The van der Waals surface area contributed by atoms with Crippen molar-refractivity contribution in [3.63, 3.8) is 0 Å². The van der Waals surface area contributed by atoms with E-state index in [1.807, 2.05) is 51.9 Å². The molecule has 0 bridgehead atoms. The summed E-state index contributed by atoms with van der Waals surface area (Å²) in [6.45, 7) is 5.11. The Morgan fingerprint density at radius 2 is 2.07 bits per heavy atom. The monoisotopic (exact) mass is 410 g/mol. The molecular weight excluding hydrogens is 392 g/mol. The zero-order valence-electron chi connectivity index (χ0n) is 15.2. The van der Waals surface area contributed by atoms with Crippen molar-refractivity contribution in [3.8, 4) is 11.4 Å². The number of rotatable bonds is 6. The van der Waals surface area contributed by atoms with Gasteiger partial charge in [0, 0.05) is 29.4 Å². The minimum absolute atomic E-state index is 0.0763. The number of thioether (sulfide) groups is 1. The minimum Gasteiger partial charge on any atom is -0.311 e. The average Bonchev–Trinajstić information content (AvgIpc) is 3.31. The third-order valence-electron chi connectivity index (χ3n) is 4.62. The molecule has 0 aliphatic carbocycles. The van der Waals surface area contributed by atoms with E-state index >= 15 is 0 Å². The van der Waals surface area contributed by atoms with Crippen LogP contribution in [0.3, 0.4) is 0 Å². The van der Waals surface area contributed by atoms with E-state index in [1.165, 1.54) is 17.3 Å². The van der Waals surface area contributed by atoms with Crippen molar-refractivity contribution < 1.29 is 4.79 Å². The van der Waals surface area contributed by atoms with Gasteiger partial charge in [0.25, 0.3) is 0 Å². The number of para-hydroxylation sites is 1.